The van der Waals surface area contributed by atoms with Crippen LogP contribution in [0.3, 0.4) is 0 Å². The van der Waals surface area contributed by atoms with Gasteiger partial charge in [-0.3, -0.25) is 4.31 Å². The van der Waals surface area contributed by atoms with Crippen molar-refractivity contribution in [2.75, 3.05) is 22.9 Å². The molecule has 40 heavy (non-hydrogen) atoms. The van der Waals surface area contributed by atoms with E-state index < -0.39 is 37.2 Å². The van der Waals surface area contributed by atoms with Gasteiger partial charge < -0.3 is 14.9 Å². The van der Waals surface area contributed by atoms with Gasteiger partial charge in [0.05, 0.1) is 22.6 Å². The van der Waals surface area contributed by atoms with E-state index in [2.05, 4.69) is 4.98 Å². The van der Waals surface area contributed by atoms with Crippen LogP contribution in [0.1, 0.15) is 65.9 Å². The lowest BCUT2D eigenvalue weighted by atomic mass is 10.0. The average molecular weight is 590 g/mol. The molecule has 1 aliphatic heterocycles. The summed E-state index contributed by atoms with van der Waals surface area (Å²) in [4.78, 5) is 29.1. The van der Waals surface area contributed by atoms with Gasteiger partial charge in [-0.25, -0.2) is 26.4 Å². The summed E-state index contributed by atoms with van der Waals surface area (Å²) in [7, 11) is -6.95. The smallest absolute Gasteiger partial charge is 0.412 e. The molecule has 2 fully saturated rings. The zero-order valence-electron chi connectivity index (χ0n) is 22.3. The highest BCUT2D eigenvalue weighted by molar-refractivity contribution is 7.92. The molecule has 1 amide bonds. The van der Waals surface area contributed by atoms with Crippen molar-refractivity contribution >= 4 is 48.8 Å². The van der Waals surface area contributed by atoms with Crippen LogP contribution in [0.4, 0.5) is 10.6 Å². The van der Waals surface area contributed by atoms with Crippen LogP contribution >= 0.6 is 0 Å². The first-order valence-electron chi connectivity index (χ1n) is 13.1. The second-order valence-corrected chi connectivity index (χ2v) is 14.8. The largest absolute Gasteiger partial charge is 0.437 e. The number of esters is 1. The normalized spacial score (nSPS) is 18.6. The van der Waals surface area contributed by atoms with Crippen LogP contribution in [0.2, 0.25) is 0 Å². The molecule has 214 valence electrons. The first-order valence-corrected chi connectivity index (χ1v) is 16.7. The van der Waals surface area contributed by atoms with E-state index in [4.69, 9.17) is 14.9 Å². The Balaban J connectivity index is 1.60. The van der Waals surface area contributed by atoms with Crippen molar-refractivity contribution in [1.82, 2.24) is 4.98 Å². The highest BCUT2D eigenvalue weighted by atomic mass is 32.2. The summed E-state index contributed by atoms with van der Waals surface area (Å²) in [5.41, 5.74) is 7.22. The van der Waals surface area contributed by atoms with Crippen LogP contribution in [-0.4, -0.2) is 57.7 Å². The quantitative estimate of drug-likeness (QED) is 0.286. The molecule has 1 unspecified atom stereocenters. The second kappa shape index (κ2) is 10.5. The molecule has 0 spiro atoms. The van der Waals surface area contributed by atoms with Crippen molar-refractivity contribution in [1.29, 1.82) is 0 Å². The van der Waals surface area contributed by atoms with Gasteiger partial charge in [-0.2, -0.15) is 4.98 Å². The van der Waals surface area contributed by atoms with Gasteiger partial charge >= 0.3 is 12.1 Å². The Morgan fingerprint density at radius 2 is 1.88 bits per heavy atom. The number of aryl methyl sites for hydroxylation is 1. The molecule has 1 aliphatic carbocycles. The molecular formula is C27H31N3O8S2. The first kappa shape index (κ1) is 28.1. The summed E-state index contributed by atoms with van der Waals surface area (Å²) in [6.45, 7) is 1.95. The minimum Gasteiger partial charge on any atom is -0.437 e. The fourth-order valence-corrected chi connectivity index (χ4v) is 8.13. The van der Waals surface area contributed by atoms with Crippen LogP contribution in [0.15, 0.2) is 34.7 Å². The van der Waals surface area contributed by atoms with E-state index in [1.165, 1.54) is 4.31 Å². The number of nitrogens with zero attached hydrogens (tertiary/aromatic N) is 2. The number of sulfone groups is 1. The standard InChI is InChI=1S/C27H31N3O8S2/c1-16-7-9-18(10-8-16)23-22(26(31)38-27(28)32)21-15-20(17-11-12-17)24(29-25(21)37-23)30(39(2,33)34)13-3-5-19-6-4-14-40(19,35)36/h7-10,15,17,19H,3-6,11-14H2,1-2H3,(H2,28,32). The lowest BCUT2D eigenvalue weighted by molar-refractivity contribution is 0.0640. The fourth-order valence-electron chi connectivity index (χ4n) is 5.25. The summed E-state index contributed by atoms with van der Waals surface area (Å²) < 4.78 is 62.4. The van der Waals surface area contributed by atoms with E-state index in [0.29, 0.717) is 36.8 Å². The van der Waals surface area contributed by atoms with Gasteiger partial charge in [-0.1, -0.05) is 29.8 Å². The molecule has 0 bridgehead atoms. The van der Waals surface area contributed by atoms with E-state index in [0.717, 1.165) is 24.7 Å². The molecule has 1 saturated heterocycles. The molecule has 2 aromatic heterocycles. The minimum atomic E-state index is -3.80. The Morgan fingerprint density at radius 3 is 2.45 bits per heavy atom. The number of benzene rings is 1. The van der Waals surface area contributed by atoms with Gasteiger partial charge in [0.2, 0.25) is 15.7 Å². The second-order valence-electron chi connectivity index (χ2n) is 10.5. The molecular weight excluding hydrogens is 558 g/mol. The number of primary amides is 1. The van der Waals surface area contributed by atoms with Gasteiger partial charge in [-0.05, 0) is 63.0 Å². The summed E-state index contributed by atoms with van der Waals surface area (Å²) in [5.74, 6) is -0.518. The van der Waals surface area contributed by atoms with Crippen LogP contribution in [-0.2, 0) is 24.6 Å². The fraction of sp³-hybridized carbons (Fsp3) is 0.444. The molecule has 5 rings (SSSR count). The minimum absolute atomic E-state index is 0.00147. The van der Waals surface area contributed by atoms with Crippen molar-refractivity contribution in [2.45, 2.75) is 56.6 Å². The molecule has 3 aromatic rings. The van der Waals surface area contributed by atoms with Gasteiger partial charge in [-0.15, -0.1) is 0 Å². The Kier molecular flexibility index (Phi) is 7.38. The van der Waals surface area contributed by atoms with Crippen molar-refractivity contribution < 1.29 is 35.6 Å². The number of carbonyl (C=O) groups is 2. The number of ether oxygens (including phenoxy) is 1. The maximum absolute atomic E-state index is 13.0. The molecule has 13 heteroatoms. The Morgan fingerprint density at radius 1 is 1.18 bits per heavy atom. The number of pyridine rings is 1. The van der Waals surface area contributed by atoms with Gasteiger partial charge in [0.15, 0.2) is 15.6 Å². The lowest BCUT2D eigenvalue weighted by Gasteiger charge is -2.24. The Labute approximate surface area is 232 Å². The molecule has 3 heterocycles. The maximum Gasteiger partial charge on any atom is 0.412 e. The predicted molar refractivity (Wildman–Crippen MR) is 149 cm³/mol. The average Bonchev–Trinajstić information content (AvgIpc) is 3.55. The third-order valence-corrected chi connectivity index (χ3v) is 10.9. The third-order valence-electron chi connectivity index (χ3n) is 7.41. The van der Waals surface area contributed by atoms with E-state index >= 15 is 0 Å². The molecule has 2 N–H and O–H groups in total. The van der Waals surface area contributed by atoms with Crippen LogP contribution in [0, 0.1) is 6.92 Å². The number of hydrogen-bond acceptors (Lipinski definition) is 9. The van der Waals surface area contributed by atoms with Crippen molar-refractivity contribution in [2.24, 2.45) is 5.73 Å². The van der Waals surface area contributed by atoms with Crippen LogP contribution < -0.4 is 10.0 Å². The van der Waals surface area contributed by atoms with Gasteiger partial charge in [0.1, 0.15) is 11.4 Å². The van der Waals surface area contributed by atoms with Gasteiger partial charge in [0.25, 0.3) is 0 Å². The third kappa shape index (κ3) is 5.71. The Hall–Kier alpha value is -3.45. The molecule has 1 atom stereocenters. The highest BCUT2D eigenvalue weighted by Gasteiger charge is 2.36. The monoisotopic (exact) mass is 589 g/mol. The lowest BCUT2D eigenvalue weighted by Crippen LogP contribution is -2.33. The van der Waals surface area contributed by atoms with Crippen LogP contribution in [0.5, 0.6) is 0 Å². The summed E-state index contributed by atoms with van der Waals surface area (Å²) in [6.07, 6.45) is 3.32. The number of sulfonamides is 1. The van der Waals surface area contributed by atoms with E-state index in [9.17, 15) is 26.4 Å². The molecule has 1 saturated carbocycles. The van der Waals surface area contributed by atoms with Crippen molar-refractivity contribution in [3.05, 3.63) is 47.0 Å². The summed E-state index contributed by atoms with van der Waals surface area (Å²) >= 11 is 0. The molecule has 2 aliphatic rings. The number of anilines is 1. The summed E-state index contributed by atoms with van der Waals surface area (Å²) in [5, 5.41) is -0.189. The molecule has 11 nitrogen and oxygen atoms in total. The number of furan rings is 1. The van der Waals surface area contributed by atoms with Crippen molar-refractivity contribution in [3.8, 4) is 11.3 Å². The van der Waals surface area contributed by atoms with Crippen LogP contribution in [0.25, 0.3) is 22.4 Å². The number of hydrogen-bond donors (Lipinski definition) is 1. The highest BCUT2D eigenvalue weighted by Crippen LogP contribution is 2.47. The van der Waals surface area contributed by atoms with Crippen molar-refractivity contribution in [3.63, 3.8) is 0 Å². The number of carbonyl (C=O) groups excluding carboxylic acids is 2. The maximum atomic E-state index is 13.0. The number of amides is 1. The van der Waals surface area contributed by atoms with E-state index in [-0.39, 0.29) is 46.5 Å². The SMILES string of the molecule is Cc1ccc(-c2oc3nc(N(CCCC4CCCS4(=O)=O)S(C)(=O)=O)c(C4CC4)cc3c2C(=O)OC(N)=O)cc1. The van der Waals surface area contributed by atoms with E-state index in [1.807, 2.05) is 19.1 Å². The number of rotatable bonds is 9. The predicted octanol–water partition coefficient (Wildman–Crippen LogP) is 4.04. The molecule has 1 aromatic carbocycles. The van der Waals surface area contributed by atoms with Gasteiger partial charge in [0, 0.05) is 12.1 Å². The first-order chi connectivity index (χ1) is 18.8. The molecule has 0 radical (unpaired) electrons. The topological polar surface area (TPSA) is 167 Å². The Bertz CT molecular complexity index is 1690. The number of nitrogens with two attached hydrogens (primary N) is 1. The summed E-state index contributed by atoms with van der Waals surface area (Å²) in [6, 6.07) is 8.83. The number of aromatic nitrogens is 1. The zero-order valence-corrected chi connectivity index (χ0v) is 23.9. The zero-order chi connectivity index (χ0) is 28.8. The number of fused-ring (bicyclic) bond motifs is 1. The van der Waals surface area contributed by atoms with E-state index in [1.54, 1.807) is 18.2 Å².